The van der Waals surface area contributed by atoms with Crippen LogP contribution in [-0.4, -0.2) is 36.2 Å². The highest BCUT2D eigenvalue weighted by Gasteiger charge is 2.26. The summed E-state index contributed by atoms with van der Waals surface area (Å²) in [6.07, 6.45) is 1.49. The average molecular weight is 371 g/mol. The molecular weight excluding hydrogens is 358 g/mol. The van der Waals surface area contributed by atoms with E-state index in [4.69, 9.17) is 0 Å². The topological polar surface area (TPSA) is 93.5 Å². The lowest BCUT2D eigenvalue weighted by atomic mass is 10.2. The van der Waals surface area contributed by atoms with E-state index in [1.807, 2.05) is 35.0 Å². The summed E-state index contributed by atoms with van der Waals surface area (Å²) in [5.41, 5.74) is 0.626. The zero-order chi connectivity index (χ0) is 17.2. The van der Waals surface area contributed by atoms with Crippen LogP contribution in [0, 0.1) is 0 Å². The molecule has 1 aliphatic heterocycles. The second-order valence-electron chi connectivity index (χ2n) is 5.37. The molecular formula is C16H13N5O2S2. The molecule has 1 atom stereocenters. The minimum absolute atomic E-state index is 0.0751. The molecule has 0 aliphatic carbocycles. The minimum Gasteiger partial charge on any atom is -0.301 e. The van der Waals surface area contributed by atoms with Gasteiger partial charge in [0, 0.05) is 29.3 Å². The van der Waals surface area contributed by atoms with Crippen LogP contribution in [0.2, 0.25) is 0 Å². The van der Waals surface area contributed by atoms with E-state index in [1.165, 1.54) is 35.8 Å². The molecule has 2 aromatic heterocycles. The molecule has 1 unspecified atom stereocenters. The number of H-pyrrole nitrogens is 1. The van der Waals surface area contributed by atoms with Gasteiger partial charge in [0.2, 0.25) is 0 Å². The quantitative estimate of drug-likeness (QED) is 0.552. The third-order valence-corrected chi connectivity index (χ3v) is 5.78. The van der Waals surface area contributed by atoms with Gasteiger partial charge in [0.15, 0.2) is 16.0 Å². The predicted octanol–water partition coefficient (Wildman–Crippen LogP) is 1.83. The lowest BCUT2D eigenvalue weighted by Gasteiger charge is -2.12. The lowest BCUT2D eigenvalue weighted by Crippen LogP contribution is -2.22. The van der Waals surface area contributed by atoms with Crippen molar-refractivity contribution in [2.45, 2.75) is 16.4 Å². The molecule has 1 N–H and O–H groups in total. The van der Waals surface area contributed by atoms with Gasteiger partial charge < -0.3 is 4.98 Å². The molecule has 0 spiro atoms. The third-order valence-electron chi connectivity index (χ3n) is 3.66. The molecule has 0 fully saturated rings. The highest BCUT2D eigenvalue weighted by molar-refractivity contribution is 8.00. The van der Waals surface area contributed by atoms with E-state index in [9.17, 15) is 9.59 Å². The molecule has 25 heavy (non-hydrogen) atoms. The average Bonchev–Trinajstić information content (AvgIpc) is 3.02. The maximum atomic E-state index is 12.2. The van der Waals surface area contributed by atoms with Crippen molar-refractivity contribution >= 4 is 23.5 Å². The van der Waals surface area contributed by atoms with Crippen LogP contribution in [0.3, 0.4) is 0 Å². The summed E-state index contributed by atoms with van der Waals surface area (Å²) in [4.78, 5) is 34.6. The Balaban J connectivity index is 1.61. The summed E-state index contributed by atoms with van der Waals surface area (Å²) in [6, 6.07) is 10.8. The largest absolute Gasteiger partial charge is 0.301 e. The van der Waals surface area contributed by atoms with Crippen LogP contribution in [-0.2, 0) is 0 Å². The van der Waals surface area contributed by atoms with Crippen LogP contribution in [0.5, 0.6) is 0 Å². The van der Waals surface area contributed by atoms with Crippen molar-refractivity contribution in [2.24, 2.45) is 0 Å². The summed E-state index contributed by atoms with van der Waals surface area (Å²) in [6.45, 7) is 0. The van der Waals surface area contributed by atoms with E-state index in [1.54, 1.807) is 0 Å². The van der Waals surface area contributed by atoms with E-state index in [0.717, 1.165) is 11.3 Å². The van der Waals surface area contributed by atoms with E-state index in [-0.39, 0.29) is 17.2 Å². The van der Waals surface area contributed by atoms with Crippen molar-refractivity contribution in [3.63, 3.8) is 0 Å². The number of nitrogens with one attached hydrogen (secondary N) is 1. The van der Waals surface area contributed by atoms with Crippen molar-refractivity contribution < 1.29 is 0 Å². The molecule has 4 rings (SSSR count). The number of nitrogens with zero attached hydrogens (tertiary/aromatic N) is 4. The van der Waals surface area contributed by atoms with Gasteiger partial charge >= 0.3 is 0 Å². The molecule has 1 aromatic carbocycles. The Bertz CT molecular complexity index is 1020. The van der Waals surface area contributed by atoms with E-state index < -0.39 is 0 Å². The number of aromatic amines is 1. The smallest absolute Gasteiger partial charge is 0.300 e. The fourth-order valence-electron chi connectivity index (χ4n) is 2.46. The lowest BCUT2D eigenvalue weighted by molar-refractivity contribution is 0.488. The molecule has 3 heterocycles. The van der Waals surface area contributed by atoms with Crippen molar-refractivity contribution in [3.05, 3.63) is 63.3 Å². The van der Waals surface area contributed by atoms with Crippen LogP contribution in [0.25, 0.3) is 11.3 Å². The summed E-state index contributed by atoms with van der Waals surface area (Å²) < 4.78 is 1.81. The van der Waals surface area contributed by atoms with Gasteiger partial charge in [0.05, 0.1) is 6.04 Å². The van der Waals surface area contributed by atoms with Gasteiger partial charge in [-0.05, 0) is 0 Å². The zero-order valence-corrected chi connectivity index (χ0v) is 14.6. The molecule has 126 valence electrons. The van der Waals surface area contributed by atoms with Gasteiger partial charge in [-0.3, -0.25) is 9.59 Å². The number of hydrogen-bond acceptors (Lipinski definition) is 7. The SMILES string of the molecule is O=c1ccnc(SCC2CSc3nc(=O)c(-c4ccccc4)nn32)[nH]1. The fraction of sp³-hybridized carbons (Fsp3) is 0.188. The molecule has 0 bridgehead atoms. The number of aromatic nitrogens is 5. The van der Waals surface area contributed by atoms with Crippen LogP contribution in [0.4, 0.5) is 0 Å². The molecule has 7 nitrogen and oxygen atoms in total. The zero-order valence-electron chi connectivity index (χ0n) is 13.0. The first kappa shape index (κ1) is 16.1. The van der Waals surface area contributed by atoms with Crippen molar-refractivity contribution in [1.82, 2.24) is 24.7 Å². The number of hydrogen-bond donors (Lipinski definition) is 1. The van der Waals surface area contributed by atoms with E-state index in [2.05, 4.69) is 20.1 Å². The first-order chi connectivity index (χ1) is 12.2. The second kappa shape index (κ2) is 6.85. The molecule has 1 aliphatic rings. The maximum absolute atomic E-state index is 12.2. The van der Waals surface area contributed by atoms with Crippen LogP contribution in [0.15, 0.2) is 62.5 Å². The Hall–Kier alpha value is -2.39. The number of rotatable bonds is 4. The second-order valence-corrected chi connectivity index (χ2v) is 7.37. The molecule has 9 heteroatoms. The first-order valence-corrected chi connectivity index (χ1v) is 9.55. The van der Waals surface area contributed by atoms with Gasteiger partial charge in [0.25, 0.3) is 11.1 Å². The highest BCUT2D eigenvalue weighted by atomic mass is 32.2. The molecule has 0 saturated carbocycles. The number of fused-ring (bicyclic) bond motifs is 1. The standard InChI is InChI=1S/C16H13N5O2S2/c22-12-6-7-17-15(18-12)24-8-11-9-25-16-19-14(23)13(20-21(11)16)10-4-2-1-3-5-10/h1-7,11H,8-9H2,(H,17,18,22). The molecule has 0 radical (unpaired) electrons. The molecule has 3 aromatic rings. The molecule has 0 amide bonds. The summed E-state index contributed by atoms with van der Waals surface area (Å²) in [5, 5.41) is 5.75. The third kappa shape index (κ3) is 3.38. The predicted molar refractivity (Wildman–Crippen MR) is 97.1 cm³/mol. The van der Waals surface area contributed by atoms with E-state index in [0.29, 0.717) is 21.8 Å². The first-order valence-electron chi connectivity index (χ1n) is 7.58. The molecule has 0 saturated heterocycles. The number of benzene rings is 1. The summed E-state index contributed by atoms with van der Waals surface area (Å²) in [7, 11) is 0. The van der Waals surface area contributed by atoms with E-state index >= 15 is 0 Å². The normalized spacial score (nSPS) is 15.9. The summed E-state index contributed by atoms with van der Waals surface area (Å²) in [5.74, 6) is 1.46. The summed E-state index contributed by atoms with van der Waals surface area (Å²) >= 11 is 2.97. The van der Waals surface area contributed by atoms with Gasteiger partial charge in [0.1, 0.15) is 0 Å². The van der Waals surface area contributed by atoms with Crippen molar-refractivity contribution in [3.8, 4) is 11.3 Å². The maximum Gasteiger partial charge on any atom is 0.300 e. The monoisotopic (exact) mass is 371 g/mol. The Morgan fingerprint density at radius 1 is 1.24 bits per heavy atom. The van der Waals surface area contributed by atoms with Crippen LogP contribution < -0.4 is 11.1 Å². The van der Waals surface area contributed by atoms with Crippen LogP contribution in [0.1, 0.15) is 6.04 Å². The van der Waals surface area contributed by atoms with Crippen molar-refractivity contribution in [1.29, 1.82) is 0 Å². The van der Waals surface area contributed by atoms with Crippen molar-refractivity contribution in [2.75, 3.05) is 11.5 Å². The van der Waals surface area contributed by atoms with Gasteiger partial charge in [-0.15, -0.1) is 0 Å². The minimum atomic E-state index is -0.313. The van der Waals surface area contributed by atoms with Gasteiger partial charge in [-0.2, -0.15) is 10.1 Å². The Morgan fingerprint density at radius 2 is 2.08 bits per heavy atom. The Kier molecular flexibility index (Phi) is 4.41. The number of thioether (sulfide) groups is 2. The fourth-order valence-corrected chi connectivity index (χ4v) is 4.60. The Morgan fingerprint density at radius 3 is 2.88 bits per heavy atom. The van der Waals surface area contributed by atoms with Crippen LogP contribution >= 0.6 is 23.5 Å². The highest BCUT2D eigenvalue weighted by Crippen LogP contribution is 2.33. The van der Waals surface area contributed by atoms with Gasteiger partial charge in [-0.1, -0.05) is 53.9 Å². The van der Waals surface area contributed by atoms with Gasteiger partial charge in [-0.25, -0.2) is 9.67 Å². The Labute approximate surface area is 150 Å².